The minimum Gasteiger partial charge on any atom is -0.480 e. The topological polar surface area (TPSA) is 66.8 Å². The number of rotatable bonds is 3. The van der Waals surface area contributed by atoms with Crippen LogP contribution in [0.3, 0.4) is 0 Å². The summed E-state index contributed by atoms with van der Waals surface area (Å²) in [6.07, 6.45) is 2.19. The molecule has 96 valence electrons. The van der Waals surface area contributed by atoms with Crippen molar-refractivity contribution < 1.29 is 19.4 Å². The maximum atomic E-state index is 12.1. The van der Waals surface area contributed by atoms with Gasteiger partial charge in [-0.2, -0.15) is 0 Å². The second-order valence-electron chi connectivity index (χ2n) is 4.43. The van der Waals surface area contributed by atoms with E-state index < -0.39 is 12.0 Å². The molecular weight excluding hydrogens is 242 g/mol. The fourth-order valence-corrected chi connectivity index (χ4v) is 3.51. The monoisotopic (exact) mass is 259 g/mol. The summed E-state index contributed by atoms with van der Waals surface area (Å²) in [5.41, 5.74) is 0. The van der Waals surface area contributed by atoms with Crippen LogP contribution in [0.4, 0.5) is 0 Å². The fourth-order valence-electron chi connectivity index (χ4n) is 2.32. The first kappa shape index (κ1) is 12.7. The Morgan fingerprint density at radius 2 is 2.29 bits per heavy atom. The van der Waals surface area contributed by atoms with Crippen molar-refractivity contribution in [2.24, 2.45) is 0 Å². The van der Waals surface area contributed by atoms with Gasteiger partial charge in [-0.25, -0.2) is 4.79 Å². The summed E-state index contributed by atoms with van der Waals surface area (Å²) in [4.78, 5) is 24.7. The van der Waals surface area contributed by atoms with Gasteiger partial charge in [-0.3, -0.25) is 4.79 Å². The van der Waals surface area contributed by atoms with Crippen molar-refractivity contribution in [1.82, 2.24) is 4.90 Å². The van der Waals surface area contributed by atoms with Crippen molar-refractivity contribution in [2.45, 2.75) is 43.7 Å². The maximum absolute atomic E-state index is 12.1. The van der Waals surface area contributed by atoms with Crippen LogP contribution in [0.25, 0.3) is 0 Å². The van der Waals surface area contributed by atoms with E-state index in [0.29, 0.717) is 18.8 Å². The number of hydrogen-bond donors (Lipinski definition) is 1. The summed E-state index contributed by atoms with van der Waals surface area (Å²) >= 11 is 1.51. The molecule has 2 saturated heterocycles. The van der Waals surface area contributed by atoms with Gasteiger partial charge in [0.05, 0.1) is 17.9 Å². The zero-order valence-corrected chi connectivity index (χ0v) is 10.6. The van der Waals surface area contributed by atoms with Crippen LogP contribution < -0.4 is 0 Å². The molecule has 0 aromatic heterocycles. The summed E-state index contributed by atoms with van der Waals surface area (Å²) < 4.78 is 5.41. The SMILES string of the molecule is CC1SCC(C(=O)O)N1C(=O)CC1CCCO1. The average Bonchev–Trinajstić information content (AvgIpc) is 2.86. The summed E-state index contributed by atoms with van der Waals surface area (Å²) in [5.74, 6) is -0.530. The lowest BCUT2D eigenvalue weighted by Crippen LogP contribution is -2.45. The van der Waals surface area contributed by atoms with E-state index >= 15 is 0 Å². The van der Waals surface area contributed by atoms with Crippen molar-refractivity contribution in [3.63, 3.8) is 0 Å². The lowest BCUT2D eigenvalue weighted by Gasteiger charge is -2.26. The van der Waals surface area contributed by atoms with Gasteiger partial charge < -0.3 is 14.7 Å². The number of aliphatic carboxylic acids is 1. The zero-order valence-electron chi connectivity index (χ0n) is 9.80. The fraction of sp³-hybridized carbons (Fsp3) is 0.818. The van der Waals surface area contributed by atoms with Crippen LogP contribution in [0.5, 0.6) is 0 Å². The minimum absolute atomic E-state index is 0.0188. The number of thioether (sulfide) groups is 1. The molecule has 0 saturated carbocycles. The molecule has 1 N–H and O–H groups in total. The Hall–Kier alpha value is -0.750. The zero-order chi connectivity index (χ0) is 12.4. The highest BCUT2D eigenvalue weighted by atomic mass is 32.2. The summed E-state index contributed by atoms with van der Waals surface area (Å²) in [7, 11) is 0. The van der Waals surface area contributed by atoms with Gasteiger partial charge in [0.25, 0.3) is 0 Å². The standard InChI is InChI=1S/C11H17NO4S/c1-7-12(9(6-17-7)11(14)15)10(13)5-8-3-2-4-16-8/h7-9H,2-6H2,1H3,(H,14,15). The highest BCUT2D eigenvalue weighted by Crippen LogP contribution is 2.30. The third-order valence-electron chi connectivity index (χ3n) is 3.22. The van der Waals surface area contributed by atoms with Gasteiger partial charge >= 0.3 is 5.97 Å². The summed E-state index contributed by atoms with van der Waals surface area (Å²) in [6.45, 7) is 2.59. The number of amides is 1. The Kier molecular flexibility index (Phi) is 3.93. The molecule has 3 unspecified atom stereocenters. The normalized spacial score (nSPS) is 33.0. The predicted octanol–water partition coefficient (Wildman–Crippen LogP) is 0.930. The van der Waals surface area contributed by atoms with E-state index in [2.05, 4.69) is 0 Å². The Balaban J connectivity index is 1.98. The number of carboxylic acids is 1. The first-order chi connectivity index (χ1) is 8.09. The van der Waals surface area contributed by atoms with Gasteiger partial charge in [-0.05, 0) is 19.8 Å². The van der Waals surface area contributed by atoms with E-state index in [1.165, 1.54) is 16.7 Å². The molecule has 2 fully saturated rings. The maximum Gasteiger partial charge on any atom is 0.327 e. The Morgan fingerprint density at radius 3 is 2.88 bits per heavy atom. The van der Waals surface area contributed by atoms with Crippen LogP contribution >= 0.6 is 11.8 Å². The second-order valence-corrected chi connectivity index (χ2v) is 5.78. The molecule has 0 aliphatic carbocycles. The van der Waals surface area contributed by atoms with Gasteiger partial charge in [0.2, 0.25) is 5.91 Å². The first-order valence-corrected chi connectivity index (χ1v) is 6.91. The van der Waals surface area contributed by atoms with E-state index in [0.717, 1.165) is 12.8 Å². The van der Waals surface area contributed by atoms with Gasteiger partial charge in [0.15, 0.2) is 0 Å². The Labute approximate surface area is 104 Å². The molecule has 2 rings (SSSR count). The molecule has 2 aliphatic rings. The van der Waals surface area contributed by atoms with E-state index in [-0.39, 0.29) is 17.4 Å². The van der Waals surface area contributed by atoms with Crippen LogP contribution in [0.2, 0.25) is 0 Å². The quantitative estimate of drug-likeness (QED) is 0.816. The number of nitrogens with zero attached hydrogens (tertiary/aromatic N) is 1. The van der Waals surface area contributed by atoms with Crippen molar-refractivity contribution in [2.75, 3.05) is 12.4 Å². The predicted molar refractivity (Wildman–Crippen MR) is 63.8 cm³/mol. The van der Waals surface area contributed by atoms with Gasteiger partial charge in [-0.15, -0.1) is 11.8 Å². The van der Waals surface area contributed by atoms with E-state index in [9.17, 15) is 9.59 Å². The molecule has 0 aromatic rings. The lowest BCUT2D eigenvalue weighted by atomic mass is 10.1. The molecule has 17 heavy (non-hydrogen) atoms. The van der Waals surface area contributed by atoms with Gasteiger partial charge in [0.1, 0.15) is 6.04 Å². The molecule has 0 aromatic carbocycles. The van der Waals surface area contributed by atoms with Crippen molar-refractivity contribution >= 4 is 23.6 Å². The third-order valence-corrected chi connectivity index (χ3v) is 4.44. The minimum atomic E-state index is -0.914. The van der Waals surface area contributed by atoms with Crippen LogP contribution in [0, 0.1) is 0 Å². The van der Waals surface area contributed by atoms with Crippen LogP contribution in [-0.2, 0) is 14.3 Å². The van der Waals surface area contributed by atoms with Crippen molar-refractivity contribution in [3.8, 4) is 0 Å². The first-order valence-electron chi connectivity index (χ1n) is 5.86. The molecule has 5 nitrogen and oxygen atoms in total. The van der Waals surface area contributed by atoms with Gasteiger partial charge in [0, 0.05) is 12.4 Å². The van der Waals surface area contributed by atoms with E-state index in [1.54, 1.807) is 0 Å². The third kappa shape index (κ3) is 2.74. The Bertz CT molecular complexity index is 317. The van der Waals surface area contributed by atoms with Crippen molar-refractivity contribution in [1.29, 1.82) is 0 Å². The number of hydrogen-bond acceptors (Lipinski definition) is 4. The number of carbonyl (C=O) groups excluding carboxylic acids is 1. The average molecular weight is 259 g/mol. The molecule has 0 bridgehead atoms. The van der Waals surface area contributed by atoms with E-state index in [4.69, 9.17) is 9.84 Å². The largest absolute Gasteiger partial charge is 0.480 e. The second kappa shape index (κ2) is 5.27. The molecule has 2 heterocycles. The van der Waals surface area contributed by atoms with Crippen molar-refractivity contribution in [3.05, 3.63) is 0 Å². The molecule has 6 heteroatoms. The van der Waals surface area contributed by atoms with Gasteiger partial charge in [-0.1, -0.05) is 0 Å². The molecule has 3 atom stereocenters. The van der Waals surface area contributed by atoms with Crippen LogP contribution in [0.1, 0.15) is 26.2 Å². The molecule has 1 amide bonds. The molecular formula is C11H17NO4S. The lowest BCUT2D eigenvalue weighted by molar-refractivity contribution is -0.149. The molecule has 0 spiro atoms. The number of carboxylic acid groups (broad SMARTS) is 1. The highest BCUT2D eigenvalue weighted by molar-refractivity contribution is 8.00. The summed E-state index contributed by atoms with van der Waals surface area (Å²) in [5, 5.41) is 9.02. The van der Waals surface area contributed by atoms with Crippen LogP contribution in [0.15, 0.2) is 0 Å². The number of carbonyl (C=O) groups is 2. The smallest absolute Gasteiger partial charge is 0.327 e. The summed E-state index contributed by atoms with van der Waals surface area (Å²) in [6, 6.07) is -0.677. The van der Waals surface area contributed by atoms with Crippen LogP contribution in [-0.4, -0.2) is 51.8 Å². The Morgan fingerprint density at radius 1 is 1.53 bits per heavy atom. The molecule has 2 aliphatic heterocycles. The molecule has 0 radical (unpaired) electrons. The highest BCUT2D eigenvalue weighted by Gasteiger charge is 2.40. The number of ether oxygens (including phenoxy) is 1. The van der Waals surface area contributed by atoms with E-state index in [1.807, 2.05) is 6.92 Å².